The van der Waals surface area contributed by atoms with Gasteiger partial charge in [0.25, 0.3) is 0 Å². The molecule has 1 saturated carbocycles. The van der Waals surface area contributed by atoms with Gasteiger partial charge in [-0.05, 0) is 37.0 Å². The third-order valence-electron chi connectivity index (χ3n) is 4.10. The van der Waals surface area contributed by atoms with Crippen LogP contribution >= 0.6 is 0 Å². The fourth-order valence-corrected chi connectivity index (χ4v) is 2.39. The van der Waals surface area contributed by atoms with E-state index in [-0.39, 0.29) is 18.3 Å². The number of hydrogen-bond donors (Lipinski definition) is 2. The van der Waals surface area contributed by atoms with Crippen molar-refractivity contribution in [2.45, 2.75) is 44.6 Å². The molecule has 0 radical (unpaired) electrons. The molecule has 0 aromatic heterocycles. The zero-order chi connectivity index (χ0) is 14.6. The fraction of sp³-hybridized carbons (Fsp3) is 0.562. The van der Waals surface area contributed by atoms with E-state index in [2.05, 4.69) is 5.32 Å². The van der Waals surface area contributed by atoms with Crippen LogP contribution in [0.3, 0.4) is 0 Å². The van der Waals surface area contributed by atoms with E-state index >= 15 is 0 Å². The van der Waals surface area contributed by atoms with Crippen molar-refractivity contribution in [3.63, 3.8) is 0 Å². The quantitative estimate of drug-likeness (QED) is 0.841. The predicted molar refractivity (Wildman–Crippen MR) is 75.6 cm³/mol. The van der Waals surface area contributed by atoms with E-state index in [0.717, 1.165) is 6.42 Å². The molecule has 1 amide bonds. The highest BCUT2D eigenvalue weighted by atomic mass is 19.1. The molecule has 1 aromatic carbocycles. The monoisotopic (exact) mass is 279 g/mol. The topological polar surface area (TPSA) is 49.3 Å². The van der Waals surface area contributed by atoms with E-state index in [1.54, 1.807) is 6.92 Å². The van der Waals surface area contributed by atoms with Crippen LogP contribution in [0.2, 0.25) is 0 Å². The molecule has 4 heteroatoms. The molecule has 1 aliphatic carbocycles. The van der Waals surface area contributed by atoms with Crippen LogP contribution in [-0.2, 0) is 10.4 Å². The maximum Gasteiger partial charge on any atom is 0.220 e. The third kappa shape index (κ3) is 4.04. The highest BCUT2D eigenvalue weighted by Gasteiger charge is 2.24. The van der Waals surface area contributed by atoms with Crippen LogP contribution in [-0.4, -0.2) is 17.6 Å². The maximum absolute atomic E-state index is 12.9. The predicted octanol–water partition coefficient (Wildman–Crippen LogP) is 2.73. The molecule has 110 valence electrons. The number of carbonyl (C=O) groups excluding carboxylic acids is 1. The Kier molecular flexibility index (Phi) is 4.76. The van der Waals surface area contributed by atoms with Gasteiger partial charge in [0.05, 0.1) is 6.54 Å². The third-order valence-corrected chi connectivity index (χ3v) is 4.10. The minimum Gasteiger partial charge on any atom is -0.384 e. The summed E-state index contributed by atoms with van der Waals surface area (Å²) in [5.41, 5.74) is -0.585. The smallest absolute Gasteiger partial charge is 0.220 e. The van der Waals surface area contributed by atoms with E-state index in [9.17, 15) is 14.3 Å². The van der Waals surface area contributed by atoms with Gasteiger partial charge in [0.15, 0.2) is 0 Å². The lowest BCUT2D eigenvalue weighted by Gasteiger charge is -2.26. The molecular weight excluding hydrogens is 257 g/mol. The van der Waals surface area contributed by atoms with Gasteiger partial charge in [-0.15, -0.1) is 0 Å². The Balaban J connectivity index is 1.78. The molecule has 2 N–H and O–H groups in total. The van der Waals surface area contributed by atoms with Gasteiger partial charge in [-0.3, -0.25) is 4.79 Å². The first kappa shape index (κ1) is 15.0. The number of carbonyl (C=O) groups is 1. The van der Waals surface area contributed by atoms with Gasteiger partial charge >= 0.3 is 0 Å². The van der Waals surface area contributed by atoms with E-state index in [4.69, 9.17) is 0 Å². The Morgan fingerprint density at radius 1 is 1.40 bits per heavy atom. The van der Waals surface area contributed by atoms with E-state index in [0.29, 0.717) is 17.9 Å². The summed E-state index contributed by atoms with van der Waals surface area (Å²) in [6, 6.07) is 5.69. The molecule has 1 fully saturated rings. The minimum absolute atomic E-state index is 0.0284. The summed E-state index contributed by atoms with van der Waals surface area (Å²) in [7, 11) is 0. The first-order chi connectivity index (χ1) is 9.47. The van der Waals surface area contributed by atoms with Crippen LogP contribution in [0.4, 0.5) is 4.39 Å². The van der Waals surface area contributed by atoms with Crippen molar-refractivity contribution < 1.29 is 14.3 Å². The average molecular weight is 279 g/mol. The number of amides is 1. The molecule has 0 aliphatic heterocycles. The largest absolute Gasteiger partial charge is 0.384 e. The second kappa shape index (κ2) is 6.35. The first-order valence-corrected chi connectivity index (χ1v) is 7.22. The molecule has 1 unspecified atom stereocenters. The van der Waals surface area contributed by atoms with Crippen molar-refractivity contribution in [3.05, 3.63) is 35.6 Å². The zero-order valence-electron chi connectivity index (χ0n) is 11.9. The molecule has 0 bridgehead atoms. The van der Waals surface area contributed by atoms with Crippen molar-refractivity contribution >= 4 is 5.91 Å². The Bertz CT molecular complexity index is 452. The van der Waals surface area contributed by atoms with Crippen LogP contribution in [0.5, 0.6) is 0 Å². The Morgan fingerprint density at radius 2 is 2.05 bits per heavy atom. The van der Waals surface area contributed by atoms with Gasteiger partial charge in [-0.25, -0.2) is 4.39 Å². The van der Waals surface area contributed by atoms with Crippen molar-refractivity contribution in [2.24, 2.45) is 5.92 Å². The summed E-state index contributed by atoms with van der Waals surface area (Å²) in [6.45, 7) is 1.76. The molecule has 1 aromatic rings. The molecular formula is C16H22FNO2. The lowest BCUT2D eigenvalue weighted by atomic mass is 9.82. The van der Waals surface area contributed by atoms with Gasteiger partial charge in [0, 0.05) is 6.42 Å². The van der Waals surface area contributed by atoms with Crippen molar-refractivity contribution in [1.29, 1.82) is 0 Å². The number of benzene rings is 1. The summed E-state index contributed by atoms with van der Waals surface area (Å²) >= 11 is 0. The normalized spacial score (nSPS) is 18.1. The van der Waals surface area contributed by atoms with Gasteiger partial charge in [-0.1, -0.05) is 31.4 Å². The summed E-state index contributed by atoms with van der Waals surface area (Å²) in [4.78, 5) is 11.7. The van der Waals surface area contributed by atoms with Gasteiger partial charge in [0.2, 0.25) is 5.91 Å². The van der Waals surface area contributed by atoms with Crippen LogP contribution in [0.25, 0.3) is 0 Å². The molecule has 1 atom stereocenters. The molecule has 2 rings (SSSR count). The van der Waals surface area contributed by atoms with Gasteiger partial charge in [-0.2, -0.15) is 0 Å². The number of rotatable bonds is 6. The first-order valence-electron chi connectivity index (χ1n) is 7.22. The van der Waals surface area contributed by atoms with Crippen LogP contribution in [0.1, 0.15) is 44.6 Å². The Morgan fingerprint density at radius 3 is 2.60 bits per heavy atom. The summed E-state index contributed by atoms with van der Waals surface area (Å²) in [6.07, 6.45) is 5.21. The molecule has 20 heavy (non-hydrogen) atoms. The Labute approximate surface area is 119 Å². The maximum atomic E-state index is 12.9. The zero-order valence-corrected chi connectivity index (χ0v) is 11.9. The van der Waals surface area contributed by atoms with Crippen molar-refractivity contribution in [3.8, 4) is 0 Å². The second-order valence-corrected chi connectivity index (χ2v) is 5.89. The number of halogens is 1. The minimum atomic E-state index is -1.18. The molecule has 0 spiro atoms. The lowest BCUT2D eigenvalue weighted by Crippen LogP contribution is -2.38. The van der Waals surface area contributed by atoms with Crippen molar-refractivity contribution in [1.82, 2.24) is 5.32 Å². The SMILES string of the molecule is CC(O)(CNC(=O)CCC1CCC1)c1ccc(F)cc1. The number of hydrogen-bond acceptors (Lipinski definition) is 2. The van der Waals surface area contributed by atoms with E-state index in [1.807, 2.05) is 0 Å². The number of aliphatic hydroxyl groups is 1. The molecule has 1 aliphatic rings. The van der Waals surface area contributed by atoms with Gasteiger partial charge in [0.1, 0.15) is 11.4 Å². The summed E-state index contributed by atoms with van der Waals surface area (Å²) in [5.74, 6) is 0.340. The van der Waals surface area contributed by atoms with Gasteiger partial charge < -0.3 is 10.4 Å². The van der Waals surface area contributed by atoms with E-state index in [1.165, 1.54) is 43.5 Å². The fourth-order valence-electron chi connectivity index (χ4n) is 2.39. The van der Waals surface area contributed by atoms with Crippen LogP contribution < -0.4 is 5.32 Å². The lowest BCUT2D eigenvalue weighted by molar-refractivity contribution is -0.122. The average Bonchev–Trinajstić information content (AvgIpc) is 2.35. The summed E-state index contributed by atoms with van der Waals surface area (Å²) in [5, 5.41) is 13.1. The second-order valence-electron chi connectivity index (χ2n) is 5.89. The van der Waals surface area contributed by atoms with E-state index < -0.39 is 5.60 Å². The van der Waals surface area contributed by atoms with Crippen LogP contribution in [0.15, 0.2) is 24.3 Å². The molecule has 0 heterocycles. The Hall–Kier alpha value is -1.42. The highest BCUT2D eigenvalue weighted by molar-refractivity contribution is 5.75. The number of nitrogens with one attached hydrogen (secondary N) is 1. The van der Waals surface area contributed by atoms with Crippen LogP contribution in [0, 0.1) is 11.7 Å². The molecule has 0 saturated heterocycles. The summed E-state index contributed by atoms with van der Waals surface area (Å²) < 4.78 is 12.9. The molecule has 3 nitrogen and oxygen atoms in total. The standard InChI is InChI=1S/C16H22FNO2/c1-16(20,13-6-8-14(17)9-7-13)11-18-15(19)10-5-12-3-2-4-12/h6-9,12,20H,2-5,10-11H2,1H3,(H,18,19). The highest BCUT2D eigenvalue weighted by Crippen LogP contribution is 2.30. The van der Waals surface area contributed by atoms with Crippen molar-refractivity contribution in [2.75, 3.05) is 6.54 Å².